The molecule has 4 saturated heterocycles. The summed E-state index contributed by atoms with van der Waals surface area (Å²) in [4.78, 5) is 12.3. The van der Waals surface area contributed by atoms with Crippen molar-refractivity contribution in [2.24, 2.45) is 0 Å². The molecule has 0 saturated carbocycles. The van der Waals surface area contributed by atoms with Crippen molar-refractivity contribution >= 4 is 84.9 Å². The topological polar surface area (TPSA) is 152 Å². The summed E-state index contributed by atoms with van der Waals surface area (Å²) in [6.07, 6.45) is -1.20. The van der Waals surface area contributed by atoms with Gasteiger partial charge < -0.3 is 10.2 Å². The first-order chi connectivity index (χ1) is 33.0. The van der Waals surface area contributed by atoms with Crippen molar-refractivity contribution < 1.29 is 67.5 Å². The van der Waals surface area contributed by atoms with Gasteiger partial charge in [0.1, 0.15) is 34.2 Å². The van der Waals surface area contributed by atoms with Crippen LogP contribution in [-0.4, -0.2) is 73.1 Å². The maximum absolute atomic E-state index is 13.0. The number of nitrogens with zero attached hydrogens (tertiary/aromatic N) is 2. The third-order valence-electron chi connectivity index (χ3n) is 14.4. The van der Waals surface area contributed by atoms with Crippen LogP contribution in [0.2, 0.25) is 0 Å². The van der Waals surface area contributed by atoms with Crippen LogP contribution in [0.5, 0.6) is 11.5 Å². The number of para-hydroxylation sites is 2. The van der Waals surface area contributed by atoms with E-state index in [0.717, 1.165) is 65.0 Å². The fraction of sp³-hybridized carbons (Fsp3) is 0.185. The van der Waals surface area contributed by atoms with E-state index in [-0.39, 0.29) is 60.2 Å². The van der Waals surface area contributed by atoms with Gasteiger partial charge in [-0.15, -0.1) is 0 Å². The van der Waals surface area contributed by atoms with Crippen LogP contribution in [0.25, 0.3) is 64.6 Å². The molecule has 2 N–H and O–H groups in total. The van der Waals surface area contributed by atoms with Crippen LogP contribution in [0.4, 0.5) is 0 Å². The van der Waals surface area contributed by atoms with Gasteiger partial charge in [-0.1, -0.05) is 146 Å². The number of rotatable bonds is 6. The van der Waals surface area contributed by atoms with Crippen LogP contribution in [0.1, 0.15) is 34.3 Å². The first-order valence-electron chi connectivity index (χ1n) is 22.5. The molecular formula is C54H42AgN2O10S2+. The molecule has 4 heterocycles. The van der Waals surface area contributed by atoms with Crippen molar-refractivity contribution in [1.82, 2.24) is 10.1 Å². The van der Waals surface area contributed by atoms with Crippen LogP contribution in [0, 0.1) is 0 Å². The molecule has 0 amide bonds. The van der Waals surface area contributed by atoms with Crippen molar-refractivity contribution in [2.75, 3.05) is 13.2 Å². The minimum atomic E-state index is -3.82. The number of phenolic OH excluding ortho intramolecular Hbond substituents is 2. The van der Waals surface area contributed by atoms with Crippen molar-refractivity contribution in [2.45, 2.75) is 47.9 Å². The van der Waals surface area contributed by atoms with Crippen molar-refractivity contribution in [3.05, 3.63) is 180 Å². The average Bonchev–Trinajstić information content (AvgIpc) is 4.08. The second-order valence-electron chi connectivity index (χ2n) is 18.1. The molecule has 10 aromatic carbocycles. The van der Waals surface area contributed by atoms with E-state index < -0.39 is 55.0 Å². The minimum absolute atomic E-state index is 0. The Balaban J connectivity index is 0.000000141. The quantitative estimate of drug-likeness (QED) is 0.0927. The molecule has 350 valence electrons. The third kappa shape index (κ3) is 7.12. The average molecular weight is 1050 g/mol. The molecule has 6 atom stereocenters. The molecule has 4 aliphatic rings. The van der Waals surface area contributed by atoms with E-state index in [2.05, 4.69) is 97.1 Å². The van der Waals surface area contributed by atoms with Gasteiger partial charge in [0.15, 0.2) is 0 Å². The third-order valence-corrected chi connectivity index (χ3v) is 17.8. The molecular weight excluding hydrogens is 1010 g/mol. The Hall–Kier alpha value is -5.72. The Morgan fingerprint density at radius 1 is 0.435 bits per heavy atom. The van der Waals surface area contributed by atoms with Crippen LogP contribution < -0.4 is 0 Å². The molecule has 4 aliphatic heterocycles. The Morgan fingerprint density at radius 3 is 1.17 bits per heavy atom. The summed E-state index contributed by atoms with van der Waals surface area (Å²) in [6.45, 7) is 0.489. The summed E-state index contributed by atoms with van der Waals surface area (Å²) < 4.78 is 62.3. The predicted molar refractivity (Wildman–Crippen MR) is 260 cm³/mol. The minimum Gasteiger partial charge on any atom is -0.508 e. The molecule has 0 radical (unpaired) electrons. The van der Waals surface area contributed by atoms with Gasteiger partial charge in [0, 0.05) is 11.1 Å². The van der Waals surface area contributed by atoms with Crippen molar-refractivity contribution in [1.29, 1.82) is 0 Å². The Kier molecular flexibility index (Phi) is 10.8. The summed E-state index contributed by atoms with van der Waals surface area (Å²) in [6, 6.07) is 50.3. The second-order valence-corrected chi connectivity index (χ2v) is 21.6. The molecule has 0 bridgehead atoms. The zero-order chi connectivity index (χ0) is 46.1. The summed E-state index contributed by atoms with van der Waals surface area (Å²) in [5.41, 5.74) is 3.09. The monoisotopic (exact) mass is 1050 g/mol. The van der Waals surface area contributed by atoms with E-state index in [1.165, 1.54) is 10.8 Å². The van der Waals surface area contributed by atoms with Gasteiger partial charge in [-0.2, -0.15) is 27.0 Å². The van der Waals surface area contributed by atoms with Gasteiger partial charge in [0.2, 0.25) is 0 Å². The molecule has 10 aromatic rings. The molecule has 15 heteroatoms. The number of hydrogen-bond donors (Lipinski definition) is 2. The van der Waals surface area contributed by atoms with Crippen molar-refractivity contribution in [3.8, 4) is 11.5 Å². The van der Waals surface area contributed by atoms with Gasteiger partial charge in [0.05, 0.1) is 38.4 Å². The largest absolute Gasteiger partial charge is 1.00 e. The van der Waals surface area contributed by atoms with Crippen LogP contribution in [0.3, 0.4) is 0 Å². The zero-order valence-electron chi connectivity index (χ0n) is 36.5. The van der Waals surface area contributed by atoms with E-state index in [1.807, 2.05) is 36.4 Å². The molecule has 4 fully saturated rings. The number of phenols is 2. The summed E-state index contributed by atoms with van der Waals surface area (Å²) in [5, 5.41) is 35.8. The maximum atomic E-state index is 13.0. The van der Waals surface area contributed by atoms with Gasteiger partial charge in [-0.25, -0.2) is 0 Å². The molecule has 14 rings (SSSR count). The number of hydroxylamine groups is 4. The normalized spacial score (nSPS) is 24.1. The number of hydrogen-bond acceptors (Lipinski definition) is 12. The van der Waals surface area contributed by atoms with Gasteiger partial charge in [-0.3, -0.25) is 18.0 Å². The van der Waals surface area contributed by atoms with E-state index in [4.69, 9.17) is 18.0 Å². The van der Waals surface area contributed by atoms with Crippen molar-refractivity contribution in [3.63, 3.8) is 0 Å². The van der Waals surface area contributed by atoms with E-state index in [9.17, 15) is 27.0 Å². The van der Waals surface area contributed by atoms with Gasteiger partial charge in [0.25, 0.3) is 20.2 Å². The van der Waals surface area contributed by atoms with Crippen LogP contribution in [-0.2, 0) is 73.7 Å². The first-order valence-corrected chi connectivity index (χ1v) is 25.5. The predicted octanol–water partition coefficient (Wildman–Crippen LogP) is 9.75. The van der Waals surface area contributed by atoms with Gasteiger partial charge >= 0.3 is 22.4 Å². The molecule has 12 nitrogen and oxygen atoms in total. The Labute approximate surface area is 412 Å². The van der Waals surface area contributed by atoms with Gasteiger partial charge in [-0.05, 0) is 87.9 Å². The smallest absolute Gasteiger partial charge is 0.508 e. The second kappa shape index (κ2) is 16.7. The van der Waals surface area contributed by atoms with Crippen LogP contribution >= 0.6 is 0 Å². The fourth-order valence-corrected chi connectivity index (χ4v) is 14.5. The van der Waals surface area contributed by atoms with E-state index >= 15 is 0 Å². The molecule has 69 heavy (non-hydrogen) atoms. The zero-order valence-corrected chi connectivity index (χ0v) is 39.6. The standard InChI is InChI=1S/2C27H21NO5S.Ag/c2*29-22-7-2-1-4-19(22)14-28-26(27-23(33-28)15-32-34(27,30)31)21-13-11-18-9-8-16-5-3-6-17-10-12-20(21)25(18)24(16)17;/h2*1-13,23,26-27,29H,14-15H2;/q;;+1/t2*23-,26-,27+;/m11./s1. The molecule has 0 spiro atoms. The maximum Gasteiger partial charge on any atom is 1.00 e. The van der Waals surface area contributed by atoms with E-state index in [1.54, 1.807) is 34.4 Å². The van der Waals surface area contributed by atoms with E-state index in [0.29, 0.717) is 11.1 Å². The summed E-state index contributed by atoms with van der Waals surface area (Å²) in [7, 11) is -7.63. The molecule has 0 unspecified atom stereocenters. The number of fused-ring (bicyclic) bond motifs is 2. The molecule has 0 aromatic heterocycles. The SMILES string of the molecule is O=S1(=O)OC[C@H]2ON(Cc3ccccc3O)[C@H](c3ccc4ccc5cccc6ccc3c4c56)[C@H]21.O=S1(=O)OC[C@H]2ON(Cc3ccccc3O)[C@H](c3ccc4ccc5cccc6ccc3c4c56)[C@H]21.[Ag+]. The number of aromatic hydroxyl groups is 2. The fourth-order valence-electron chi connectivity index (χ4n) is 11.3. The summed E-state index contributed by atoms with van der Waals surface area (Å²) in [5.74, 6) is 0.299. The van der Waals surface area contributed by atoms with Crippen LogP contribution in [0.15, 0.2) is 158 Å². The first kappa shape index (κ1) is 44.5. The Bertz CT molecular complexity index is 3590. The summed E-state index contributed by atoms with van der Waals surface area (Å²) >= 11 is 0. The number of benzene rings is 10. The molecule has 0 aliphatic carbocycles. The Morgan fingerprint density at radius 2 is 0.783 bits per heavy atom.